The number of benzene rings is 3. The van der Waals surface area contributed by atoms with E-state index < -0.39 is 47.0 Å². The Morgan fingerprint density at radius 2 is 0.891 bits per heavy atom. The number of rotatable bonds is 18. The van der Waals surface area contributed by atoms with Gasteiger partial charge in [0, 0.05) is 12.2 Å². The maximum absolute atomic E-state index is 14.7. The molecule has 0 N–H and O–H groups in total. The van der Waals surface area contributed by atoms with E-state index in [0.717, 1.165) is 24.3 Å². The lowest BCUT2D eigenvalue weighted by Gasteiger charge is -2.11. The fraction of sp³-hybridized carbons (Fsp3) is 0.235. The number of halogens is 2. The fourth-order valence-corrected chi connectivity index (χ4v) is 3.62. The number of hydrogen-bond acceptors (Lipinski definition) is 10. The molecule has 0 spiro atoms. The van der Waals surface area contributed by atoms with E-state index in [0.29, 0.717) is 50.4 Å². The quantitative estimate of drug-likeness (QED) is 0.0691. The summed E-state index contributed by atoms with van der Waals surface area (Å²) in [5.41, 5.74) is 0.112. The molecular formula is C34H32F2O10. The summed E-state index contributed by atoms with van der Waals surface area (Å²) in [5.74, 6) is -6.37. The molecule has 0 aliphatic rings. The average molecular weight is 639 g/mol. The Labute approximate surface area is 264 Å². The van der Waals surface area contributed by atoms with Gasteiger partial charge in [-0.2, -0.15) is 8.78 Å². The molecule has 0 saturated carbocycles. The van der Waals surface area contributed by atoms with Crippen molar-refractivity contribution in [3.05, 3.63) is 109 Å². The summed E-state index contributed by atoms with van der Waals surface area (Å²) >= 11 is 0. The SMILES string of the molecule is C=CC(=O)OCCCCOc1ccc(C(=O)Oc2ccc(OC(=O)c3ccc(OCCCCOC(=O)C=C)cc3)c(F)c2F)cc1. The minimum atomic E-state index is -1.51. The Hall–Kier alpha value is -5.52. The minimum absolute atomic E-state index is 0.0560. The van der Waals surface area contributed by atoms with E-state index in [1.54, 1.807) is 0 Å². The molecule has 12 heteroatoms. The van der Waals surface area contributed by atoms with Gasteiger partial charge in [0.1, 0.15) is 11.5 Å². The van der Waals surface area contributed by atoms with Crippen LogP contribution in [0.5, 0.6) is 23.0 Å². The third kappa shape index (κ3) is 11.2. The van der Waals surface area contributed by atoms with Crippen LogP contribution in [0.4, 0.5) is 8.78 Å². The molecule has 0 fully saturated rings. The Bertz CT molecular complexity index is 1400. The Morgan fingerprint density at radius 3 is 1.24 bits per heavy atom. The third-order valence-electron chi connectivity index (χ3n) is 6.03. The lowest BCUT2D eigenvalue weighted by molar-refractivity contribution is -0.138. The molecule has 0 radical (unpaired) electrons. The van der Waals surface area contributed by atoms with E-state index in [1.807, 2.05) is 0 Å². The number of esters is 4. The zero-order valence-corrected chi connectivity index (χ0v) is 24.8. The molecule has 0 aromatic heterocycles. The van der Waals surface area contributed by atoms with Crippen LogP contribution >= 0.6 is 0 Å². The van der Waals surface area contributed by atoms with Crippen molar-refractivity contribution >= 4 is 23.9 Å². The molecule has 10 nitrogen and oxygen atoms in total. The van der Waals surface area contributed by atoms with Gasteiger partial charge in [0.05, 0.1) is 37.6 Å². The zero-order valence-electron chi connectivity index (χ0n) is 24.8. The van der Waals surface area contributed by atoms with Crippen molar-refractivity contribution in [1.82, 2.24) is 0 Å². The Morgan fingerprint density at radius 1 is 0.543 bits per heavy atom. The van der Waals surface area contributed by atoms with E-state index in [1.165, 1.54) is 48.5 Å². The van der Waals surface area contributed by atoms with Crippen LogP contribution in [0.15, 0.2) is 86.0 Å². The van der Waals surface area contributed by atoms with Crippen molar-refractivity contribution < 1.29 is 56.4 Å². The maximum atomic E-state index is 14.7. The van der Waals surface area contributed by atoms with Crippen LogP contribution in [0.1, 0.15) is 46.4 Å². The third-order valence-corrected chi connectivity index (χ3v) is 6.03. The Kier molecular flexibility index (Phi) is 13.9. The molecule has 0 amide bonds. The van der Waals surface area contributed by atoms with Crippen LogP contribution in [0.25, 0.3) is 0 Å². The van der Waals surface area contributed by atoms with Crippen LogP contribution in [0.2, 0.25) is 0 Å². The monoisotopic (exact) mass is 638 g/mol. The normalized spacial score (nSPS) is 10.3. The van der Waals surface area contributed by atoms with Crippen molar-refractivity contribution in [2.75, 3.05) is 26.4 Å². The number of ether oxygens (including phenoxy) is 6. The van der Waals surface area contributed by atoms with Gasteiger partial charge in [0.25, 0.3) is 0 Å². The van der Waals surface area contributed by atoms with Crippen molar-refractivity contribution in [3.8, 4) is 23.0 Å². The standard InChI is InChI=1S/C34H32F2O10/c1-3-29(37)43-21-7-5-19-41-25-13-9-23(10-14-25)33(39)45-27-17-18-28(32(36)31(27)35)46-34(40)24-11-15-26(16-12-24)42-20-6-8-22-44-30(38)4-2/h3-4,9-18H,1-2,5-8,19-22H2. The van der Waals surface area contributed by atoms with Gasteiger partial charge in [-0.1, -0.05) is 13.2 Å². The summed E-state index contributed by atoms with van der Waals surface area (Å²) < 4.78 is 60.3. The van der Waals surface area contributed by atoms with Gasteiger partial charge in [0.15, 0.2) is 11.5 Å². The van der Waals surface area contributed by atoms with E-state index in [2.05, 4.69) is 13.2 Å². The van der Waals surface area contributed by atoms with Crippen LogP contribution in [0, 0.1) is 11.6 Å². The molecule has 0 bridgehead atoms. The number of unbranched alkanes of at least 4 members (excludes halogenated alkanes) is 2. The van der Waals surface area contributed by atoms with Gasteiger partial charge in [0.2, 0.25) is 11.6 Å². The second-order valence-electron chi connectivity index (χ2n) is 9.37. The first-order chi connectivity index (χ1) is 22.2. The lowest BCUT2D eigenvalue weighted by Crippen LogP contribution is -2.12. The maximum Gasteiger partial charge on any atom is 0.343 e. The van der Waals surface area contributed by atoms with Gasteiger partial charge < -0.3 is 28.4 Å². The highest BCUT2D eigenvalue weighted by Gasteiger charge is 2.21. The topological polar surface area (TPSA) is 124 Å². The second kappa shape index (κ2) is 18.3. The molecule has 3 aromatic carbocycles. The summed E-state index contributed by atoms with van der Waals surface area (Å²) in [4.78, 5) is 47.0. The van der Waals surface area contributed by atoms with Crippen LogP contribution in [-0.2, 0) is 19.1 Å². The van der Waals surface area contributed by atoms with Crippen LogP contribution < -0.4 is 18.9 Å². The van der Waals surface area contributed by atoms with Gasteiger partial charge in [-0.05, 0) is 86.3 Å². The molecule has 0 aliphatic heterocycles. The highest BCUT2D eigenvalue weighted by molar-refractivity contribution is 5.92. The van der Waals surface area contributed by atoms with Crippen LogP contribution in [-0.4, -0.2) is 50.3 Å². The first-order valence-electron chi connectivity index (χ1n) is 14.2. The summed E-state index contributed by atoms with van der Waals surface area (Å²) in [7, 11) is 0. The van der Waals surface area contributed by atoms with Crippen molar-refractivity contribution in [3.63, 3.8) is 0 Å². The van der Waals surface area contributed by atoms with Gasteiger partial charge in [-0.25, -0.2) is 19.2 Å². The molecule has 3 aromatic rings. The molecule has 0 unspecified atom stereocenters. The summed E-state index contributed by atoms with van der Waals surface area (Å²) in [6.07, 6.45) is 4.58. The summed E-state index contributed by atoms with van der Waals surface area (Å²) in [6.45, 7) is 7.79. The largest absolute Gasteiger partial charge is 0.494 e. The van der Waals surface area contributed by atoms with E-state index in [-0.39, 0.29) is 24.3 Å². The molecule has 242 valence electrons. The minimum Gasteiger partial charge on any atom is -0.494 e. The second-order valence-corrected chi connectivity index (χ2v) is 9.37. The smallest absolute Gasteiger partial charge is 0.343 e. The number of carbonyl (C=O) groups is 4. The fourth-order valence-electron chi connectivity index (χ4n) is 3.62. The predicted molar refractivity (Wildman–Crippen MR) is 161 cm³/mol. The summed E-state index contributed by atoms with van der Waals surface area (Å²) in [6, 6.07) is 13.6. The predicted octanol–water partition coefficient (Wildman–Crippen LogP) is 6.18. The first-order valence-corrected chi connectivity index (χ1v) is 14.2. The van der Waals surface area contributed by atoms with Crippen molar-refractivity contribution in [1.29, 1.82) is 0 Å². The molecule has 0 atom stereocenters. The number of hydrogen-bond donors (Lipinski definition) is 0. The molecule has 0 aliphatic carbocycles. The van der Waals surface area contributed by atoms with Gasteiger partial charge >= 0.3 is 23.9 Å². The summed E-state index contributed by atoms with van der Waals surface area (Å²) in [5, 5.41) is 0. The van der Waals surface area contributed by atoms with E-state index in [9.17, 15) is 28.0 Å². The first kappa shape index (κ1) is 35.0. The van der Waals surface area contributed by atoms with E-state index in [4.69, 9.17) is 28.4 Å². The molecule has 3 rings (SSSR count). The van der Waals surface area contributed by atoms with Crippen molar-refractivity contribution in [2.45, 2.75) is 25.7 Å². The van der Waals surface area contributed by atoms with Crippen LogP contribution in [0.3, 0.4) is 0 Å². The Balaban J connectivity index is 1.46. The zero-order chi connectivity index (χ0) is 33.3. The lowest BCUT2D eigenvalue weighted by atomic mass is 10.2. The molecule has 0 heterocycles. The van der Waals surface area contributed by atoms with E-state index >= 15 is 0 Å². The number of carbonyl (C=O) groups excluding carboxylic acids is 4. The highest BCUT2D eigenvalue weighted by atomic mass is 19.2. The van der Waals surface area contributed by atoms with Gasteiger partial charge in [-0.3, -0.25) is 0 Å². The highest BCUT2D eigenvalue weighted by Crippen LogP contribution is 2.29. The average Bonchev–Trinajstić information content (AvgIpc) is 3.07. The molecular weight excluding hydrogens is 606 g/mol. The van der Waals surface area contributed by atoms with Crippen molar-refractivity contribution in [2.24, 2.45) is 0 Å². The molecule has 46 heavy (non-hydrogen) atoms. The van der Waals surface area contributed by atoms with Gasteiger partial charge in [-0.15, -0.1) is 0 Å². The molecule has 0 saturated heterocycles.